The zero-order valence-electron chi connectivity index (χ0n) is 11.9. The number of aliphatic hydroxyl groups is 1. The van der Waals surface area contributed by atoms with E-state index in [1.165, 1.54) is 26.4 Å². The van der Waals surface area contributed by atoms with Crippen molar-refractivity contribution in [3.8, 4) is 0 Å². The fourth-order valence-corrected chi connectivity index (χ4v) is 2.71. The van der Waals surface area contributed by atoms with Crippen molar-refractivity contribution >= 4 is 5.97 Å². The highest BCUT2D eigenvalue weighted by molar-refractivity contribution is 5.76. The van der Waals surface area contributed by atoms with Gasteiger partial charge in [-0.05, 0) is 45.1 Å². The van der Waals surface area contributed by atoms with E-state index in [4.69, 9.17) is 4.74 Å². The third-order valence-corrected chi connectivity index (χ3v) is 4.01. The Labute approximate surface area is 110 Å². The molecule has 0 heterocycles. The Balaban J connectivity index is 2.34. The number of aliphatic hydroxyl groups excluding tert-OH is 1. The normalized spacial score (nSPS) is 24.9. The van der Waals surface area contributed by atoms with E-state index in [1.54, 1.807) is 0 Å². The molecule has 2 unspecified atom stereocenters. The monoisotopic (exact) mass is 257 g/mol. The van der Waals surface area contributed by atoms with Crippen LogP contribution in [0.25, 0.3) is 0 Å². The zero-order chi connectivity index (χ0) is 13.6. The van der Waals surface area contributed by atoms with E-state index in [9.17, 15) is 9.90 Å². The number of carbonyl (C=O) groups is 1. The van der Waals surface area contributed by atoms with E-state index >= 15 is 0 Å². The molecule has 0 aromatic carbocycles. The van der Waals surface area contributed by atoms with Gasteiger partial charge < -0.3 is 15.2 Å². The van der Waals surface area contributed by atoms with Crippen LogP contribution in [0.3, 0.4) is 0 Å². The molecule has 2 atom stereocenters. The smallest absolute Gasteiger partial charge is 0.312 e. The van der Waals surface area contributed by atoms with E-state index in [0.717, 1.165) is 13.0 Å². The molecule has 4 heteroatoms. The van der Waals surface area contributed by atoms with Gasteiger partial charge in [-0.15, -0.1) is 0 Å². The lowest BCUT2D eigenvalue weighted by Gasteiger charge is -2.31. The molecule has 0 radical (unpaired) electrons. The molecule has 1 aliphatic carbocycles. The molecule has 2 N–H and O–H groups in total. The second-order valence-corrected chi connectivity index (χ2v) is 5.99. The predicted octanol–water partition coefficient (Wildman–Crippen LogP) is 1.57. The number of methoxy groups -OCH3 is 1. The summed E-state index contributed by atoms with van der Waals surface area (Å²) in [6.07, 6.45) is 4.79. The summed E-state index contributed by atoms with van der Waals surface area (Å²) in [5.41, 5.74) is -0.488. The van der Waals surface area contributed by atoms with Crippen LogP contribution in [0.4, 0.5) is 0 Å². The average Bonchev–Trinajstić information content (AvgIpc) is 2.38. The van der Waals surface area contributed by atoms with Crippen molar-refractivity contribution in [1.29, 1.82) is 0 Å². The van der Waals surface area contributed by atoms with Crippen LogP contribution < -0.4 is 5.32 Å². The summed E-state index contributed by atoms with van der Waals surface area (Å²) in [6.45, 7) is 5.55. The Hall–Kier alpha value is -0.610. The van der Waals surface area contributed by atoms with Gasteiger partial charge in [0, 0.05) is 13.2 Å². The van der Waals surface area contributed by atoms with Crippen LogP contribution in [-0.4, -0.2) is 37.9 Å². The van der Waals surface area contributed by atoms with E-state index < -0.39 is 5.41 Å². The molecule has 0 bridgehead atoms. The number of carbonyl (C=O) groups excluding carboxylic acids is 1. The van der Waals surface area contributed by atoms with Crippen LogP contribution in [-0.2, 0) is 9.53 Å². The van der Waals surface area contributed by atoms with Gasteiger partial charge in [0.1, 0.15) is 0 Å². The van der Waals surface area contributed by atoms with Crippen molar-refractivity contribution in [2.24, 2.45) is 17.3 Å². The Morgan fingerprint density at radius 2 is 1.94 bits per heavy atom. The highest BCUT2D eigenvalue weighted by Gasteiger charge is 2.29. The molecule has 1 rings (SSSR count). The second-order valence-electron chi connectivity index (χ2n) is 5.99. The summed E-state index contributed by atoms with van der Waals surface area (Å²) >= 11 is 0. The maximum Gasteiger partial charge on any atom is 0.312 e. The fraction of sp³-hybridized carbons (Fsp3) is 0.929. The van der Waals surface area contributed by atoms with Gasteiger partial charge in [0.05, 0.1) is 12.5 Å². The molecule has 0 amide bonds. The van der Waals surface area contributed by atoms with Gasteiger partial charge in [0.15, 0.2) is 0 Å². The maximum atomic E-state index is 11.5. The van der Waals surface area contributed by atoms with Gasteiger partial charge in [-0.2, -0.15) is 0 Å². The minimum atomic E-state index is -0.488. The molecule has 0 aromatic heterocycles. The van der Waals surface area contributed by atoms with Gasteiger partial charge in [-0.1, -0.05) is 12.8 Å². The van der Waals surface area contributed by atoms with Crippen molar-refractivity contribution in [2.45, 2.75) is 39.5 Å². The molecule has 4 nitrogen and oxygen atoms in total. The molecule has 18 heavy (non-hydrogen) atoms. The molecule has 1 fully saturated rings. The Bertz CT molecular complexity index is 266. The van der Waals surface area contributed by atoms with Crippen molar-refractivity contribution in [3.05, 3.63) is 0 Å². The summed E-state index contributed by atoms with van der Waals surface area (Å²) < 4.78 is 4.78. The number of hydrogen-bond acceptors (Lipinski definition) is 4. The van der Waals surface area contributed by atoms with E-state index in [1.807, 2.05) is 13.8 Å². The molecule has 0 aliphatic heterocycles. The molecule has 1 aliphatic rings. The fourth-order valence-electron chi connectivity index (χ4n) is 2.71. The summed E-state index contributed by atoms with van der Waals surface area (Å²) in [4.78, 5) is 11.5. The molecular formula is C14H27NO3. The standard InChI is InChI=1S/C14H27NO3/c1-14(2,13(17)18-3)10-15-8-11-6-4-5-7-12(11)9-16/h11-12,15-16H,4-10H2,1-3H3. The average molecular weight is 257 g/mol. The van der Waals surface area contributed by atoms with Gasteiger partial charge in [0.25, 0.3) is 0 Å². The maximum absolute atomic E-state index is 11.5. The van der Waals surface area contributed by atoms with Gasteiger partial charge in [-0.25, -0.2) is 0 Å². The lowest BCUT2D eigenvalue weighted by molar-refractivity contribution is -0.150. The first kappa shape index (κ1) is 15.4. The molecule has 0 saturated heterocycles. The van der Waals surface area contributed by atoms with Crippen LogP contribution in [0.1, 0.15) is 39.5 Å². The first-order valence-electron chi connectivity index (χ1n) is 6.91. The van der Waals surface area contributed by atoms with Crippen LogP contribution >= 0.6 is 0 Å². The Morgan fingerprint density at radius 3 is 2.50 bits per heavy atom. The second kappa shape index (κ2) is 7.10. The number of ether oxygens (including phenoxy) is 1. The highest BCUT2D eigenvalue weighted by Crippen LogP contribution is 2.29. The van der Waals surface area contributed by atoms with Gasteiger partial charge >= 0.3 is 5.97 Å². The summed E-state index contributed by atoms with van der Waals surface area (Å²) in [5.74, 6) is 0.780. The van der Waals surface area contributed by atoms with Crippen molar-refractivity contribution in [1.82, 2.24) is 5.32 Å². The summed E-state index contributed by atoms with van der Waals surface area (Å²) in [5, 5.41) is 12.7. The van der Waals surface area contributed by atoms with Crippen molar-refractivity contribution in [2.75, 3.05) is 26.8 Å². The Morgan fingerprint density at radius 1 is 1.33 bits per heavy atom. The molecular weight excluding hydrogens is 230 g/mol. The summed E-state index contributed by atoms with van der Waals surface area (Å²) in [7, 11) is 1.42. The zero-order valence-corrected chi connectivity index (χ0v) is 11.9. The van der Waals surface area contributed by atoms with Crippen LogP contribution in [0, 0.1) is 17.3 Å². The summed E-state index contributed by atoms with van der Waals surface area (Å²) in [6, 6.07) is 0. The van der Waals surface area contributed by atoms with Crippen LogP contribution in [0.5, 0.6) is 0 Å². The molecule has 0 spiro atoms. The largest absolute Gasteiger partial charge is 0.469 e. The van der Waals surface area contributed by atoms with Crippen molar-refractivity contribution < 1.29 is 14.6 Å². The number of nitrogens with one attached hydrogen (secondary N) is 1. The highest BCUT2D eigenvalue weighted by atomic mass is 16.5. The number of rotatable bonds is 6. The third-order valence-electron chi connectivity index (χ3n) is 4.01. The number of hydrogen-bond donors (Lipinski definition) is 2. The minimum Gasteiger partial charge on any atom is -0.469 e. The van der Waals surface area contributed by atoms with Crippen LogP contribution in [0.2, 0.25) is 0 Å². The minimum absolute atomic E-state index is 0.183. The predicted molar refractivity (Wildman–Crippen MR) is 71.2 cm³/mol. The van der Waals surface area contributed by atoms with Crippen molar-refractivity contribution in [3.63, 3.8) is 0 Å². The molecule has 1 saturated carbocycles. The third kappa shape index (κ3) is 4.25. The number of esters is 1. The topological polar surface area (TPSA) is 58.6 Å². The van der Waals surface area contributed by atoms with E-state index in [-0.39, 0.29) is 12.6 Å². The van der Waals surface area contributed by atoms with Gasteiger partial charge in [-0.3, -0.25) is 4.79 Å². The quantitative estimate of drug-likeness (QED) is 0.709. The molecule has 0 aromatic rings. The lowest BCUT2D eigenvalue weighted by Crippen LogP contribution is -2.40. The Kier molecular flexibility index (Phi) is 6.09. The van der Waals surface area contributed by atoms with E-state index in [2.05, 4.69) is 5.32 Å². The SMILES string of the molecule is COC(=O)C(C)(C)CNCC1CCCCC1CO. The van der Waals surface area contributed by atoms with Crippen LogP contribution in [0.15, 0.2) is 0 Å². The lowest BCUT2D eigenvalue weighted by atomic mass is 9.79. The molecule has 106 valence electrons. The first-order chi connectivity index (χ1) is 8.51. The van der Waals surface area contributed by atoms with Gasteiger partial charge in [0.2, 0.25) is 0 Å². The first-order valence-corrected chi connectivity index (χ1v) is 6.91. The van der Waals surface area contributed by atoms with E-state index in [0.29, 0.717) is 18.4 Å².